The van der Waals surface area contributed by atoms with Crippen molar-refractivity contribution in [2.75, 3.05) is 44.2 Å². The number of anilines is 1. The molecule has 0 bridgehead atoms. The predicted molar refractivity (Wildman–Crippen MR) is 126 cm³/mol. The van der Waals surface area contributed by atoms with Crippen LogP contribution < -0.4 is 9.46 Å². The molecular weight excluding hydrogens is 450 g/mol. The zero-order valence-electron chi connectivity index (χ0n) is 19.0. The van der Waals surface area contributed by atoms with E-state index in [1.54, 1.807) is 30.5 Å². The Hall–Kier alpha value is -1.72. The van der Waals surface area contributed by atoms with Crippen LogP contribution in [0, 0.1) is 6.92 Å². The molecule has 1 aliphatic rings. The molecule has 0 radical (unpaired) electrons. The summed E-state index contributed by atoms with van der Waals surface area (Å²) in [6, 6.07) is 4.98. The lowest BCUT2D eigenvalue weighted by atomic mass is 9.92. The van der Waals surface area contributed by atoms with E-state index >= 15 is 0 Å². The number of thiazole rings is 1. The molecule has 0 aliphatic carbocycles. The normalized spacial score (nSPS) is 15.6. The lowest BCUT2D eigenvalue weighted by Gasteiger charge is -2.26. The maximum Gasteiger partial charge on any atom is 0.263 e. The van der Waals surface area contributed by atoms with Gasteiger partial charge in [-0.3, -0.25) is 9.62 Å². The van der Waals surface area contributed by atoms with Gasteiger partial charge in [-0.05, 0) is 43.5 Å². The number of hydrogen-bond acceptors (Lipinski definition) is 8. The van der Waals surface area contributed by atoms with Gasteiger partial charge in [0.1, 0.15) is 12.4 Å². The van der Waals surface area contributed by atoms with Crippen molar-refractivity contribution in [3.63, 3.8) is 0 Å². The Morgan fingerprint density at radius 1 is 1.28 bits per heavy atom. The minimum absolute atomic E-state index is 0.188. The summed E-state index contributed by atoms with van der Waals surface area (Å²) in [6.45, 7) is 10.2. The van der Waals surface area contributed by atoms with Gasteiger partial charge in [-0.15, -0.1) is 11.3 Å². The van der Waals surface area contributed by atoms with Crippen LogP contribution in [0.2, 0.25) is 0 Å². The van der Waals surface area contributed by atoms with Crippen molar-refractivity contribution in [1.29, 1.82) is 0 Å². The van der Waals surface area contributed by atoms with Crippen molar-refractivity contribution in [3.05, 3.63) is 34.8 Å². The smallest absolute Gasteiger partial charge is 0.263 e. The average Bonchev–Trinajstić information content (AvgIpc) is 3.19. The van der Waals surface area contributed by atoms with E-state index < -0.39 is 15.6 Å². The van der Waals surface area contributed by atoms with E-state index in [4.69, 9.17) is 9.47 Å². The predicted octanol–water partition coefficient (Wildman–Crippen LogP) is 3.06. The highest BCUT2D eigenvalue weighted by Gasteiger charge is 2.25. The average molecular weight is 484 g/mol. The number of ether oxygens (including phenoxy) is 2. The molecule has 2 heterocycles. The van der Waals surface area contributed by atoms with Crippen LogP contribution in [0.5, 0.6) is 5.75 Å². The molecular formula is C22H33N3O5S2. The maximum absolute atomic E-state index is 12.9. The number of nitrogens with one attached hydrogen (secondary N) is 1. The third kappa shape index (κ3) is 6.64. The van der Waals surface area contributed by atoms with E-state index in [9.17, 15) is 13.5 Å². The third-order valence-corrected chi connectivity index (χ3v) is 8.25. The van der Waals surface area contributed by atoms with Gasteiger partial charge in [0.25, 0.3) is 10.0 Å². The summed E-state index contributed by atoms with van der Waals surface area (Å²) < 4.78 is 39.5. The van der Waals surface area contributed by atoms with Crippen molar-refractivity contribution in [2.45, 2.75) is 50.5 Å². The van der Waals surface area contributed by atoms with Crippen LogP contribution in [-0.2, 0) is 21.2 Å². The Morgan fingerprint density at radius 3 is 2.66 bits per heavy atom. The van der Waals surface area contributed by atoms with Crippen LogP contribution in [-0.4, -0.2) is 68.5 Å². The summed E-state index contributed by atoms with van der Waals surface area (Å²) in [6.07, 6.45) is 1.62. The van der Waals surface area contributed by atoms with Crippen LogP contribution in [0.1, 0.15) is 37.9 Å². The van der Waals surface area contributed by atoms with Crippen molar-refractivity contribution in [3.8, 4) is 5.75 Å². The molecule has 3 rings (SSSR count). The Balaban J connectivity index is 1.60. The van der Waals surface area contributed by atoms with Crippen LogP contribution in [0.25, 0.3) is 0 Å². The lowest BCUT2D eigenvalue weighted by molar-refractivity contribution is 0.0318. The molecule has 0 atom stereocenters. The number of aryl methyl sites for hydroxylation is 1. The standard InChI is InChI=1S/C22H33N3O5S2/c1-4-22(26,5-2)15-18-16-31-21(23-18)24-32(27,28)20-7-6-19(14-17(20)3)30-13-10-25-8-11-29-12-9-25/h6-7,14,16,26H,4-5,8-13,15H2,1-3H3,(H,23,24). The van der Waals surface area contributed by atoms with E-state index in [1.165, 1.54) is 11.3 Å². The Morgan fingerprint density at radius 2 is 2.00 bits per heavy atom. The van der Waals surface area contributed by atoms with E-state index in [-0.39, 0.29) is 4.90 Å². The molecule has 1 saturated heterocycles. The van der Waals surface area contributed by atoms with Gasteiger partial charge in [0.05, 0.1) is 29.4 Å². The van der Waals surface area contributed by atoms with E-state index in [1.807, 2.05) is 13.8 Å². The van der Waals surface area contributed by atoms with Crippen LogP contribution in [0.15, 0.2) is 28.5 Å². The third-order valence-electron chi connectivity index (χ3n) is 5.82. The molecule has 10 heteroatoms. The molecule has 1 fully saturated rings. The number of benzene rings is 1. The second-order valence-corrected chi connectivity index (χ2v) is 10.6. The summed E-state index contributed by atoms with van der Waals surface area (Å²) >= 11 is 1.22. The fourth-order valence-electron chi connectivity index (χ4n) is 3.57. The molecule has 2 aromatic rings. The van der Waals surface area contributed by atoms with Gasteiger partial charge in [0.2, 0.25) is 0 Å². The second kappa shape index (κ2) is 10.9. The number of aromatic nitrogens is 1. The highest BCUT2D eigenvalue weighted by atomic mass is 32.2. The largest absolute Gasteiger partial charge is 0.492 e. The van der Waals surface area contributed by atoms with E-state index in [0.717, 1.165) is 32.8 Å². The summed E-state index contributed by atoms with van der Waals surface area (Å²) in [7, 11) is -3.78. The number of sulfonamides is 1. The van der Waals surface area contributed by atoms with Gasteiger partial charge < -0.3 is 14.6 Å². The molecule has 178 valence electrons. The fraction of sp³-hybridized carbons (Fsp3) is 0.591. The zero-order valence-corrected chi connectivity index (χ0v) is 20.6. The van der Waals surface area contributed by atoms with Gasteiger partial charge in [0.15, 0.2) is 5.13 Å². The van der Waals surface area contributed by atoms with Crippen LogP contribution >= 0.6 is 11.3 Å². The zero-order chi connectivity index (χ0) is 23.2. The fourth-order valence-corrected chi connectivity index (χ4v) is 5.76. The van der Waals surface area contributed by atoms with Crippen molar-refractivity contribution in [2.24, 2.45) is 0 Å². The molecule has 0 amide bonds. The Bertz CT molecular complexity index is 983. The van der Waals surface area contributed by atoms with Gasteiger partial charge in [-0.2, -0.15) is 0 Å². The van der Waals surface area contributed by atoms with Gasteiger partial charge >= 0.3 is 0 Å². The molecule has 32 heavy (non-hydrogen) atoms. The van der Waals surface area contributed by atoms with Crippen molar-refractivity contribution >= 4 is 26.5 Å². The van der Waals surface area contributed by atoms with Crippen LogP contribution in [0.3, 0.4) is 0 Å². The van der Waals surface area contributed by atoms with E-state index in [0.29, 0.717) is 48.0 Å². The Kier molecular flexibility index (Phi) is 8.51. The minimum Gasteiger partial charge on any atom is -0.492 e. The molecule has 0 saturated carbocycles. The molecule has 2 N–H and O–H groups in total. The van der Waals surface area contributed by atoms with Gasteiger partial charge in [-0.1, -0.05) is 13.8 Å². The SMILES string of the molecule is CCC(O)(CC)Cc1csc(NS(=O)(=O)c2ccc(OCCN3CCOCC3)cc2C)n1. The molecule has 1 aromatic carbocycles. The summed E-state index contributed by atoms with van der Waals surface area (Å²) in [4.78, 5) is 6.83. The number of aliphatic hydroxyl groups is 1. The van der Waals surface area contributed by atoms with Crippen molar-refractivity contribution < 1.29 is 23.0 Å². The molecule has 0 spiro atoms. The number of morpholine rings is 1. The first-order valence-corrected chi connectivity index (χ1v) is 13.3. The molecule has 8 nitrogen and oxygen atoms in total. The number of hydrogen-bond donors (Lipinski definition) is 2. The topological polar surface area (TPSA) is 101 Å². The first kappa shape index (κ1) is 24.9. The number of rotatable bonds is 11. The Labute approximate surface area is 194 Å². The summed E-state index contributed by atoms with van der Waals surface area (Å²) in [5.74, 6) is 0.643. The highest BCUT2D eigenvalue weighted by Crippen LogP contribution is 2.27. The van der Waals surface area contributed by atoms with E-state index in [2.05, 4.69) is 14.6 Å². The molecule has 1 aromatic heterocycles. The number of nitrogens with zero attached hydrogens (tertiary/aromatic N) is 2. The lowest BCUT2D eigenvalue weighted by Crippen LogP contribution is -2.38. The monoisotopic (exact) mass is 483 g/mol. The maximum atomic E-state index is 12.9. The van der Waals surface area contributed by atoms with Gasteiger partial charge in [-0.25, -0.2) is 13.4 Å². The highest BCUT2D eigenvalue weighted by molar-refractivity contribution is 7.93. The summed E-state index contributed by atoms with van der Waals surface area (Å²) in [5.41, 5.74) is 0.461. The quantitative estimate of drug-likeness (QED) is 0.507. The van der Waals surface area contributed by atoms with Crippen LogP contribution in [0.4, 0.5) is 5.13 Å². The molecule has 1 aliphatic heterocycles. The summed E-state index contributed by atoms with van der Waals surface area (Å²) in [5, 5.41) is 12.6. The molecule has 0 unspecified atom stereocenters. The second-order valence-electron chi connectivity index (χ2n) is 8.09. The van der Waals surface area contributed by atoms with Crippen molar-refractivity contribution in [1.82, 2.24) is 9.88 Å². The first-order valence-electron chi connectivity index (χ1n) is 11.0. The minimum atomic E-state index is -3.78. The first-order chi connectivity index (χ1) is 15.2. The van der Waals surface area contributed by atoms with Gasteiger partial charge in [0, 0.05) is 31.4 Å².